The first kappa shape index (κ1) is 29.8. The Kier molecular flexibility index (Phi) is 9.86. The van der Waals surface area contributed by atoms with Crippen LogP contribution in [0.2, 0.25) is 0 Å². The van der Waals surface area contributed by atoms with Crippen LogP contribution in [0, 0.1) is 19.7 Å². The molecule has 3 aromatic rings. The number of rotatable bonds is 11. The minimum atomic E-state index is -3.88. The Morgan fingerprint density at radius 3 is 2.18 bits per heavy atom. The number of carbonyl (C=O) groups excluding carboxylic acids is 2. The smallest absolute Gasteiger partial charge is 0.244 e. The van der Waals surface area contributed by atoms with Gasteiger partial charge in [-0.25, -0.2) is 12.8 Å². The Hall–Kier alpha value is -3.72. The van der Waals surface area contributed by atoms with Gasteiger partial charge in [-0.3, -0.25) is 13.9 Å². The highest BCUT2D eigenvalue weighted by Crippen LogP contribution is 2.26. The molecule has 0 saturated heterocycles. The van der Waals surface area contributed by atoms with Crippen LogP contribution in [0.25, 0.3) is 0 Å². The lowest BCUT2D eigenvalue weighted by molar-refractivity contribution is -0.140. The van der Waals surface area contributed by atoms with E-state index >= 15 is 0 Å². The molecule has 0 unspecified atom stereocenters. The van der Waals surface area contributed by atoms with Crippen molar-refractivity contribution < 1.29 is 22.4 Å². The van der Waals surface area contributed by atoms with E-state index in [4.69, 9.17) is 0 Å². The third kappa shape index (κ3) is 7.89. The number of amides is 2. The zero-order valence-electron chi connectivity index (χ0n) is 23.0. The number of sulfonamides is 1. The standard InChI is InChI=1S/C30H36FN3O4S/c1-21(2)32-30(36)28(18-24-13-7-6-8-14-24)33(19-25-15-9-10-16-26(25)31)29(35)20-34(39(5,37)38)27-17-11-12-22(3)23(27)4/h6-17,21,28H,18-20H2,1-5H3,(H,32,36)/t28-/m0/s1. The van der Waals surface area contributed by atoms with Gasteiger partial charge >= 0.3 is 0 Å². The monoisotopic (exact) mass is 553 g/mol. The van der Waals surface area contributed by atoms with Crippen molar-refractivity contribution in [3.63, 3.8) is 0 Å². The number of nitrogens with one attached hydrogen (secondary N) is 1. The Morgan fingerprint density at radius 2 is 1.56 bits per heavy atom. The number of hydrogen-bond acceptors (Lipinski definition) is 4. The lowest BCUT2D eigenvalue weighted by Crippen LogP contribution is -2.54. The molecule has 7 nitrogen and oxygen atoms in total. The van der Waals surface area contributed by atoms with Gasteiger partial charge in [-0.2, -0.15) is 0 Å². The average molecular weight is 554 g/mol. The fourth-order valence-electron chi connectivity index (χ4n) is 4.35. The maximum Gasteiger partial charge on any atom is 0.244 e. The van der Waals surface area contributed by atoms with Crippen molar-refractivity contribution in [1.29, 1.82) is 0 Å². The van der Waals surface area contributed by atoms with Gasteiger partial charge in [0.1, 0.15) is 18.4 Å². The maximum atomic E-state index is 14.8. The van der Waals surface area contributed by atoms with Crippen LogP contribution in [-0.2, 0) is 32.6 Å². The van der Waals surface area contributed by atoms with Gasteiger partial charge in [-0.05, 0) is 56.5 Å². The molecule has 0 aromatic heterocycles. The SMILES string of the molecule is Cc1cccc(N(CC(=O)N(Cc2ccccc2F)[C@@H](Cc2ccccc2)C(=O)NC(C)C)S(C)(=O)=O)c1C. The van der Waals surface area contributed by atoms with Crippen LogP contribution in [0.5, 0.6) is 0 Å². The third-order valence-corrected chi connectivity index (χ3v) is 7.65. The first-order valence-corrected chi connectivity index (χ1v) is 14.6. The van der Waals surface area contributed by atoms with Crippen LogP contribution in [0.1, 0.15) is 36.1 Å². The lowest BCUT2D eigenvalue weighted by atomic mass is 10.0. The minimum absolute atomic E-state index is 0.169. The molecule has 0 aliphatic carbocycles. The number of anilines is 1. The van der Waals surface area contributed by atoms with Crippen molar-refractivity contribution in [2.75, 3.05) is 17.1 Å². The molecule has 0 radical (unpaired) electrons. The molecule has 1 N–H and O–H groups in total. The molecule has 208 valence electrons. The average Bonchev–Trinajstić information content (AvgIpc) is 2.87. The summed E-state index contributed by atoms with van der Waals surface area (Å²) < 4.78 is 41.7. The summed E-state index contributed by atoms with van der Waals surface area (Å²) in [5, 5.41) is 2.87. The normalized spacial score (nSPS) is 12.2. The fourth-order valence-corrected chi connectivity index (χ4v) is 5.25. The van der Waals surface area contributed by atoms with Gasteiger partial charge in [-0.15, -0.1) is 0 Å². The highest BCUT2D eigenvalue weighted by molar-refractivity contribution is 7.92. The fraction of sp³-hybridized carbons (Fsp3) is 0.333. The molecule has 0 aliphatic rings. The number of halogens is 1. The third-order valence-electron chi connectivity index (χ3n) is 6.52. The molecule has 39 heavy (non-hydrogen) atoms. The molecular formula is C30H36FN3O4S. The van der Waals surface area contributed by atoms with Gasteiger partial charge in [0.05, 0.1) is 11.9 Å². The molecule has 9 heteroatoms. The van der Waals surface area contributed by atoms with E-state index in [1.54, 1.807) is 37.3 Å². The number of hydrogen-bond donors (Lipinski definition) is 1. The van der Waals surface area contributed by atoms with E-state index in [1.165, 1.54) is 11.0 Å². The first-order valence-electron chi connectivity index (χ1n) is 12.8. The van der Waals surface area contributed by atoms with Crippen molar-refractivity contribution in [2.24, 2.45) is 0 Å². The molecule has 0 aliphatic heterocycles. The number of nitrogens with zero attached hydrogens (tertiary/aromatic N) is 2. The van der Waals surface area contributed by atoms with Crippen molar-refractivity contribution in [1.82, 2.24) is 10.2 Å². The Morgan fingerprint density at radius 1 is 0.923 bits per heavy atom. The van der Waals surface area contributed by atoms with Crippen LogP contribution in [0.3, 0.4) is 0 Å². The summed E-state index contributed by atoms with van der Waals surface area (Å²) in [5.41, 5.74) is 2.99. The predicted octanol–water partition coefficient (Wildman–Crippen LogP) is 4.37. The van der Waals surface area contributed by atoms with Gasteiger partial charge in [0.15, 0.2) is 0 Å². The molecule has 2 amide bonds. The Balaban J connectivity index is 2.09. The van der Waals surface area contributed by atoms with E-state index in [0.717, 1.165) is 27.3 Å². The van der Waals surface area contributed by atoms with Gasteiger partial charge in [0, 0.05) is 24.6 Å². The molecule has 0 spiro atoms. The quantitative estimate of drug-likeness (QED) is 0.382. The summed E-state index contributed by atoms with van der Waals surface area (Å²) in [6.45, 7) is 6.52. The van der Waals surface area contributed by atoms with Crippen molar-refractivity contribution in [3.8, 4) is 0 Å². The largest absolute Gasteiger partial charge is 0.352 e. The van der Waals surface area contributed by atoms with Crippen molar-refractivity contribution in [3.05, 3.63) is 101 Å². The lowest BCUT2D eigenvalue weighted by Gasteiger charge is -2.34. The van der Waals surface area contributed by atoms with E-state index < -0.39 is 40.2 Å². The van der Waals surface area contributed by atoms with E-state index in [9.17, 15) is 22.4 Å². The van der Waals surface area contributed by atoms with Crippen molar-refractivity contribution >= 4 is 27.5 Å². The summed E-state index contributed by atoms with van der Waals surface area (Å²) in [7, 11) is -3.88. The minimum Gasteiger partial charge on any atom is -0.352 e. The highest BCUT2D eigenvalue weighted by Gasteiger charge is 2.34. The predicted molar refractivity (Wildman–Crippen MR) is 152 cm³/mol. The molecule has 0 bridgehead atoms. The van der Waals surface area contributed by atoms with Crippen molar-refractivity contribution in [2.45, 2.75) is 52.7 Å². The summed E-state index contributed by atoms with van der Waals surface area (Å²) in [6, 6.07) is 19.3. The Bertz CT molecular complexity index is 1410. The second kappa shape index (κ2) is 12.9. The molecule has 1 atom stereocenters. The zero-order valence-corrected chi connectivity index (χ0v) is 23.8. The van der Waals surface area contributed by atoms with Crippen LogP contribution in [0.4, 0.5) is 10.1 Å². The summed E-state index contributed by atoms with van der Waals surface area (Å²) >= 11 is 0. The first-order chi connectivity index (χ1) is 18.4. The van der Waals surface area contributed by atoms with Gasteiger partial charge in [-0.1, -0.05) is 60.7 Å². The topological polar surface area (TPSA) is 86.8 Å². The second-order valence-corrected chi connectivity index (χ2v) is 11.9. The molecule has 0 fully saturated rings. The summed E-state index contributed by atoms with van der Waals surface area (Å²) in [5.74, 6) is -1.55. The molecule has 3 aromatic carbocycles. The molecule has 0 saturated carbocycles. The molecular weight excluding hydrogens is 517 g/mol. The number of benzene rings is 3. The van der Waals surface area contributed by atoms with E-state index in [0.29, 0.717) is 5.69 Å². The maximum absolute atomic E-state index is 14.8. The summed E-state index contributed by atoms with van der Waals surface area (Å²) in [4.78, 5) is 28.8. The van der Waals surface area contributed by atoms with E-state index in [-0.39, 0.29) is 24.6 Å². The van der Waals surface area contributed by atoms with Crippen LogP contribution >= 0.6 is 0 Å². The van der Waals surface area contributed by atoms with Gasteiger partial charge in [0.2, 0.25) is 21.8 Å². The van der Waals surface area contributed by atoms with Gasteiger partial charge in [0.25, 0.3) is 0 Å². The van der Waals surface area contributed by atoms with Crippen LogP contribution in [-0.4, -0.2) is 50.0 Å². The number of aryl methyl sites for hydroxylation is 1. The molecule has 3 rings (SSSR count). The summed E-state index contributed by atoms with van der Waals surface area (Å²) in [6.07, 6.45) is 1.21. The second-order valence-electron chi connectivity index (χ2n) is 9.97. The zero-order chi connectivity index (χ0) is 28.7. The number of carbonyl (C=O) groups is 2. The molecule has 0 heterocycles. The van der Waals surface area contributed by atoms with Gasteiger partial charge < -0.3 is 10.2 Å². The van der Waals surface area contributed by atoms with Crippen LogP contribution in [0.15, 0.2) is 72.8 Å². The van der Waals surface area contributed by atoms with Crippen LogP contribution < -0.4 is 9.62 Å². The highest BCUT2D eigenvalue weighted by atomic mass is 32.2. The van der Waals surface area contributed by atoms with E-state index in [2.05, 4.69) is 5.32 Å². The van der Waals surface area contributed by atoms with E-state index in [1.807, 2.05) is 57.2 Å². The Labute approximate surface area is 230 Å².